The largest absolute Gasteiger partial charge is 0.481 e. The van der Waals surface area contributed by atoms with Gasteiger partial charge in [0.2, 0.25) is 41.4 Å². The quantitative estimate of drug-likeness (QED) is 0.0253. The van der Waals surface area contributed by atoms with Crippen LogP contribution in [0.5, 0.6) is 0 Å². The van der Waals surface area contributed by atoms with Gasteiger partial charge in [0.25, 0.3) is 0 Å². The Bertz CT molecular complexity index is 2450. The highest BCUT2D eigenvalue weighted by Crippen LogP contribution is 2.20. The topological polar surface area (TPSA) is 387 Å². The number of aromatic amines is 1. The number of nitrogens with two attached hydrogens (primary N) is 2. The summed E-state index contributed by atoms with van der Waals surface area (Å²) in [5.74, 6) is -9.71. The Balaban J connectivity index is 1.54. The van der Waals surface area contributed by atoms with Crippen molar-refractivity contribution < 1.29 is 63.6 Å². The zero-order chi connectivity index (χ0) is 52.0. The average molecular weight is 987 g/mol. The molecular formula is C48H62N10O13. The molecule has 0 aliphatic heterocycles. The number of nitrogens with one attached hydrogen (secondary N) is 8. The lowest BCUT2D eigenvalue weighted by Gasteiger charge is -2.27. The van der Waals surface area contributed by atoms with E-state index in [9.17, 15) is 63.6 Å². The number of para-hydroxylation sites is 1. The number of aromatic nitrogens is 1. The Morgan fingerprint density at radius 2 is 1.11 bits per heavy atom. The molecule has 0 saturated carbocycles. The molecular weight excluding hydrogens is 925 g/mol. The van der Waals surface area contributed by atoms with Crippen LogP contribution >= 0.6 is 0 Å². The summed E-state index contributed by atoms with van der Waals surface area (Å²) in [5, 5.41) is 57.3. The van der Waals surface area contributed by atoms with Gasteiger partial charge in [-0.1, -0.05) is 78.9 Å². The zero-order valence-electron chi connectivity index (χ0n) is 39.0. The van der Waals surface area contributed by atoms with Crippen LogP contribution in [-0.4, -0.2) is 147 Å². The molecule has 0 saturated heterocycles. The molecule has 71 heavy (non-hydrogen) atoms. The van der Waals surface area contributed by atoms with E-state index in [0.29, 0.717) is 47.0 Å². The number of aliphatic hydroxyl groups excluding tert-OH is 2. The van der Waals surface area contributed by atoms with Crippen molar-refractivity contribution in [3.8, 4) is 0 Å². The summed E-state index contributed by atoms with van der Waals surface area (Å²) in [5.41, 5.74) is 13.5. The number of benzene rings is 3. The number of aliphatic carboxylic acids is 2. The first kappa shape index (κ1) is 55.9. The molecule has 4 aromatic rings. The van der Waals surface area contributed by atoms with Gasteiger partial charge in [0.05, 0.1) is 25.7 Å². The van der Waals surface area contributed by atoms with Crippen LogP contribution in [0, 0.1) is 0 Å². The second-order valence-electron chi connectivity index (χ2n) is 16.8. The molecule has 0 aliphatic rings. The van der Waals surface area contributed by atoms with Crippen LogP contribution in [0.3, 0.4) is 0 Å². The molecule has 23 nitrogen and oxygen atoms in total. The van der Waals surface area contributed by atoms with Gasteiger partial charge < -0.3 is 74.1 Å². The number of hydrogen-bond donors (Lipinski definition) is 14. The monoisotopic (exact) mass is 986 g/mol. The molecule has 1 aromatic heterocycles. The Labute approximate surface area is 408 Å². The Kier molecular flexibility index (Phi) is 22.1. The molecule has 0 fully saturated rings. The van der Waals surface area contributed by atoms with Crippen LogP contribution in [-0.2, 0) is 62.4 Å². The SMILES string of the molecule is C[C@@H](O)[C@H](NC(=O)[C@H](Cc1c[nH]c2ccccc12)NC(=O)[C@H](CC(=O)O)NC(=O)[C@H](Cc1ccccc1)NC(=O)[C@@H](N)CO)C(=O)NCC(=O)N[C@@H](Cc1ccccc1)C(=O)N[C@@H](CCCCN)C(=O)O. The zero-order valence-corrected chi connectivity index (χ0v) is 39.0. The molecule has 16 N–H and O–H groups in total. The molecule has 1 heterocycles. The van der Waals surface area contributed by atoms with Crippen molar-refractivity contribution >= 4 is 64.2 Å². The van der Waals surface area contributed by atoms with E-state index in [1.54, 1.807) is 91.1 Å². The van der Waals surface area contributed by atoms with E-state index in [1.807, 2.05) is 0 Å². The van der Waals surface area contributed by atoms with Gasteiger partial charge in [-0.2, -0.15) is 0 Å². The van der Waals surface area contributed by atoms with Gasteiger partial charge >= 0.3 is 11.9 Å². The second-order valence-corrected chi connectivity index (χ2v) is 16.8. The third-order valence-corrected chi connectivity index (χ3v) is 11.2. The van der Waals surface area contributed by atoms with Gasteiger partial charge in [-0.05, 0) is 55.5 Å². The summed E-state index contributed by atoms with van der Waals surface area (Å²) in [7, 11) is 0. The fourth-order valence-corrected chi connectivity index (χ4v) is 7.34. The number of rotatable bonds is 29. The molecule has 7 amide bonds. The number of fused-ring (bicyclic) bond motifs is 1. The van der Waals surface area contributed by atoms with Crippen LogP contribution in [0.2, 0.25) is 0 Å². The lowest BCUT2D eigenvalue weighted by Crippen LogP contribution is -2.61. The van der Waals surface area contributed by atoms with Crippen LogP contribution < -0.4 is 48.7 Å². The van der Waals surface area contributed by atoms with E-state index in [-0.39, 0.29) is 25.7 Å². The highest BCUT2D eigenvalue weighted by atomic mass is 16.4. The van der Waals surface area contributed by atoms with E-state index in [0.717, 1.165) is 0 Å². The van der Waals surface area contributed by atoms with Crippen molar-refractivity contribution in [1.29, 1.82) is 0 Å². The maximum Gasteiger partial charge on any atom is 0.326 e. The minimum absolute atomic E-state index is 0.0570. The number of carboxylic acids is 2. The summed E-state index contributed by atoms with van der Waals surface area (Å²) in [6.07, 6.45) is -0.510. The fraction of sp³-hybridized carbons (Fsp3) is 0.396. The average Bonchev–Trinajstić information content (AvgIpc) is 3.75. The minimum atomic E-state index is -1.85. The van der Waals surface area contributed by atoms with E-state index < -0.39 is 121 Å². The predicted octanol–water partition coefficient (Wildman–Crippen LogP) is -2.39. The summed E-state index contributed by atoms with van der Waals surface area (Å²) in [4.78, 5) is 122. The van der Waals surface area contributed by atoms with Crippen LogP contribution in [0.25, 0.3) is 10.9 Å². The van der Waals surface area contributed by atoms with Gasteiger partial charge in [0.15, 0.2) is 0 Å². The number of amides is 7. The summed E-state index contributed by atoms with van der Waals surface area (Å²) in [6.45, 7) is -0.0472. The summed E-state index contributed by atoms with van der Waals surface area (Å²) < 4.78 is 0. The lowest BCUT2D eigenvalue weighted by molar-refractivity contribution is -0.142. The third-order valence-electron chi connectivity index (χ3n) is 11.2. The molecule has 0 aliphatic carbocycles. The van der Waals surface area contributed by atoms with Gasteiger partial charge in [-0.15, -0.1) is 0 Å². The first-order chi connectivity index (χ1) is 33.9. The van der Waals surface area contributed by atoms with Crippen molar-refractivity contribution in [1.82, 2.24) is 42.2 Å². The molecule has 382 valence electrons. The van der Waals surface area contributed by atoms with Gasteiger partial charge in [-0.3, -0.25) is 38.4 Å². The van der Waals surface area contributed by atoms with E-state index in [2.05, 4.69) is 42.2 Å². The van der Waals surface area contributed by atoms with E-state index in [1.165, 1.54) is 6.92 Å². The Morgan fingerprint density at radius 1 is 0.606 bits per heavy atom. The molecule has 23 heteroatoms. The number of carboxylic acid groups (broad SMARTS) is 2. The van der Waals surface area contributed by atoms with Crippen LogP contribution in [0.15, 0.2) is 91.1 Å². The highest BCUT2D eigenvalue weighted by molar-refractivity contribution is 5.98. The normalized spacial score (nSPS) is 14.4. The first-order valence-corrected chi connectivity index (χ1v) is 22.8. The lowest BCUT2D eigenvalue weighted by atomic mass is 10.0. The maximum absolute atomic E-state index is 14.2. The number of hydrogen-bond acceptors (Lipinski definition) is 13. The molecule has 4 rings (SSSR count). The van der Waals surface area contributed by atoms with Crippen molar-refractivity contribution in [2.24, 2.45) is 11.5 Å². The van der Waals surface area contributed by atoms with Crippen molar-refractivity contribution in [2.45, 2.75) is 100 Å². The van der Waals surface area contributed by atoms with Crippen LogP contribution in [0.4, 0.5) is 0 Å². The standard InChI is InChI=1S/C48H62N10O13/c1-27(60)41(47(69)52-25-39(61)53-35(20-28-12-4-2-5-13-28)43(65)54-34(48(70)71)18-10-11-19-49)58-46(68)37(22-30-24-51-33-17-9-8-16-31(30)33)56-45(67)38(23-40(62)63)57-44(66)36(55-42(64)32(50)26-59)21-29-14-6-3-7-15-29/h2-9,12-17,24,27,32,34-38,41,51,59-60H,10-11,18-23,25-26,49-50H2,1H3,(H,52,69)(H,53,61)(H,54,65)(H,55,64)(H,56,67)(H,57,66)(H,58,68)(H,62,63)(H,70,71)/t27-,32+,34+,35+,36+,37+,38+,41+/m1/s1. The summed E-state index contributed by atoms with van der Waals surface area (Å²) >= 11 is 0. The summed E-state index contributed by atoms with van der Waals surface area (Å²) in [6, 6.07) is 13.2. The number of aliphatic hydroxyl groups is 2. The van der Waals surface area contributed by atoms with Gasteiger partial charge in [0.1, 0.15) is 42.3 Å². The van der Waals surface area contributed by atoms with Crippen molar-refractivity contribution in [3.63, 3.8) is 0 Å². The Hall–Kier alpha value is -7.73. The minimum Gasteiger partial charge on any atom is -0.481 e. The Morgan fingerprint density at radius 3 is 1.68 bits per heavy atom. The molecule has 0 unspecified atom stereocenters. The van der Waals surface area contributed by atoms with Crippen molar-refractivity contribution in [3.05, 3.63) is 108 Å². The first-order valence-electron chi connectivity index (χ1n) is 22.8. The molecule has 0 spiro atoms. The van der Waals surface area contributed by atoms with Gasteiger partial charge in [-0.25, -0.2) is 4.79 Å². The smallest absolute Gasteiger partial charge is 0.326 e. The number of unbranched alkanes of at least 4 members (excludes halogenated alkanes) is 1. The van der Waals surface area contributed by atoms with Crippen molar-refractivity contribution in [2.75, 3.05) is 19.7 Å². The predicted molar refractivity (Wildman–Crippen MR) is 256 cm³/mol. The van der Waals surface area contributed by atoms with Crippen LogP contribution in [0.1, 0.15) is 49.3 Å². The van der Waals surface area contributed by atoms with Gasteiger partial charge in [0, 0.05) is 36.4 Å². The molecule has 3 aromatic carbocycles. The van der Waals surface area contributed by atoms with E-state index >= 15 is 0 Å². The fourth-order valence-electron chi connectivity index (χ4n) is 7.34. The van der Waals surface area contributed by atoms with E-state index in [4.69, 9.17) is 11.5 Å². The second kappa shape index (κ2) is 28.1. The number of carbonyl (C=O) groups excluding carboxylic acids is 7. The molecule has 0 radical (unpaired) electrons. The third kappa shape index (κ3) is 17.9. The molecule has 0 bridgehead atoms. The maximum atomic E-state index is 14.2. The number of H-pyrrole nitrogens is 1. The molecule has 8 atom stereocenters. The highest BCUT2D eigenvalue weighted by Gasteiger charge is 2.35. The number of carbonyl (C=O) groups is 9.